The van der Waals surface area contributed by atoms with Crippen LogP contribution in [-0.2, 0) is 11.2 Å². The number of carbonyl (C=O) groups is 1. The molecule has 0 unspecified atom stereocenters. The molecule has 1 aromatic heterocycles. The lowest BCUT2D eigenvalue weighted by Gasteiger charge is -2.08. The van der Waals surface area contributed by atoms with Crippen molar-refractivity contribution < 1.29 is 9.53 Å². The van der Waals surface area contributed by atoms with Crippen molar-refractivity contribution in [1.82, 2.24) is 4.98 Å². The van der Waals surface area contributed by atoms with Gasteiger partial charge in [0.05, 0.1) is 18.2 Å². The number of esters is 1. The minimum Gasteiger partial charge on any atom is -0.465 e. The Kier molecular flexibility index (Phi) is 3.97. The van der Waals surface area contributed by atoms with Crippen LogP contribution in [0.3, 0.4) is 0 Å². The number of aromatic nitrogens is 1. The van der Waals surface area contributed by atoms with E-state index >= 15 is 0 Å². The molecule has 0 fully saturated rings. The summed E-state index contributed by atoms with van der Waals surface area (Å²) in [4.78, 5) is 16.0. The summed E-state index contributed by atoms with van der Waals surface area (Å²) in [6.45, 7) is 2.14. The summed E-state index contributed by atoms with van der Waals surface area (Å²) in [5.74, 6) is -0.378. The van der Waals surface area contributed by atoms with Gasteiger partial charge in [-0.2, -0.15) is 0 Å². The standard InChI is InChI=1S/C14H14BrNO2/c1-3-5-9-6-4-7-10-12(15)11(14(17)18-2)8-16-13(9)10/h4,6-8H,3,5H2,1-2H3. The Morgan fingerprint density at radius 3 is 2.89 bits per heavy atom. The maximum absolute atomic E-state index is 11.6. The lowest BCUT2D eigenvalue weighted by Crippen LogP contribution is -2.04. The van der Waals surface area contributed by atoms with Crippen molar-refractivity contribution in [2.75, 3.05) is 7.11 Å². The summed E-state index contributed by atoms with van der Waals surface area (Å²) in [7, 11) is 1.37. The van der Waals surface area contributed by atoms with E-state index in [0.29, 0.717) is 5.56 Å². The number of ether oxygens (including phenoxy) is 1. The van der Waals surface area contributed by atoms with Gasteiger partial charge in [-0.05, 0) is 27.9 Å². The molecule has 0 saturated heterocycles. The van der Waals surface area contributed by atoms with Gasteiger partial charge >= 0.3 is 5.97 Å². The number of halogens is 1. The third kappa shape index (κ3) is 2.25. The van der Waals surface area contributed by atoms with Gasteiger partial charge in [-0.3, -0.25) is 4.98 Å². The topological polar surface area (TPSA) is 39.2 Å². The van der Waals surface area contributed by atoms with E-state index in [0.717, 1.165) is 28.2 Å². The molecular formula is C14H14BrNO2. The number of rotatable bonds is 3. The van der Waals surface area contributed by atoms with Gasteiger partial charge in [-0.15, -0.1) is 0 Å². The van der Waals surface area contributed by atoms with Crippen LogP contribution >= 0.6 is 15.9 Å². The number of pyridine rings is 1. The average molecular weight is 308 g/mol. The molecule has 2 rings (SSSR count). The SMILES string of the molecule is CCCc1cccc2c(Br)c(C(=O)OC)cnc12. The fourth-order valence-corrected chi connectivity index (χ4v) is 2.56. The van der Waals surface area contributed by atoms with Gasteiger partial charge in [0.1, 0.15) is 0 Å². The third-order valence-electron chi connectivity index (χ3n) is 2.84. The van der Waals surface area contributed by atoms with Crippen LogP contribution in [0, 0.1) is 0 Å². The maximum atomic E-state index is 11.6. The Morgan fingerprint density at radius 1 is 1.44 bits per heavy atom. The molecule has 0 aliphatic rings. The van der Waals surface area contributed by atoms with Gasteiger partial charge in [-0.1, -0.05) is 31.5 Å². The second-order valence-electron chi connectivity index (χ2n) is 4.04. The summed E-state index contributed by atoms with van der Waals surface area (Å²) in [6.07, 6.45) is 3.61. The molecule has 0 saturated carbocycles. The monoisotopic (exact) mass is 307 g/mol. The number of methoxy groups -OCH3 is 1. The van der Waals surface area contributed by atoms with Crippen molar-refractivity contribution in [3.63, 3.8) is 0 Å². The van der Waals surface area contributed by atoms with E-state index in [1.165, 1.54) is 12.7 Å². The number of fused-ring (bicyclic) bond motifs is 1. The van der Waals surface area contributed by atoms with Crippen LogP contribution in [0.25, 0.3) is 10.9 Å². The fraction of sp³-hybridized carbons (Fsp3) is 0.286. The summed E-state index contributed by atoms with van der Waals surface area (Å²) in [5.41, 5.74) is 2.60. The van der Waals surface area contributed by atoms with Crippen LogP contribution in [0.1, 0.15) is 29.3 Å². The van der Waals surface area contributed by atoms with E-state index < -0.39 is 0 Å². The van der Waals surface area contributed by atoms with Gasteiger partial charge in [0.2, 0.25) is 0 Å². The first-order valence-corrected chi connectivity index (χ1v) is 6.62. The first kappa shape index (κ1) is 13.0. The first-order valence-electron chi connectivity index (χ1n) is 5.83. The molecule has 0 atom stereocenters. The predicted octanol–water partition coefficient (Wildman–Crippen LogP) is 3.74. The van der Waals surface area contributed by atoms with E-state index in [-0.39, 0.29) is 5.97 Å². The smallest absolute Gasteiger partial charge is 0.340 e. The number of carbonyl (C=O) groups excluding carboxylic acids is 1. The normalized spacial score (nSPS) is 10.6. The lowest BCUT2D eigenvalue weighted by atomic mass is 10.0. The Hall–Kier alpha value is -1.42. The zero-order valence-electron chi connectivity index (χ0n) is 10.4. The molecule has 0 spiro atoms. The molecule has 0 amide bonds. The highest BCUT2D eigenvalue weighted by atomic mass is 79.9. The Balaban J connectivity index is 2.65. The lowest BCUT2D eigenvalue weighted by molar-refractivity contribution is 0.0599. The van der Waals surface area contributed by atoms with E-state index in [4.69, 9.17) is 4.74 Å². The van der Waals surface area contributed by atoms with Crippen molar-refractivity contribution >= 4 is 32.8 Å². The molecular weight excluding hydrogens is 294 g/mol. The summed E-state index contributed by atoms with van der Waals surface area (Å²) in [6, 6.07) is 6.02. The molecule has 2 aromatic rings. The third-order valence-corrected chi connectivity index (χ3v) is 3.69. The van der Waals surface area contributed by atoms with Gasteiger partial charge in [-0.25, -0.2) is 4.79 Å². The average Bonchev–Trinajstić information content (AvgIpc) is 2.39. The Morgan fingerprint density at radius 2 is 2.22 bits per heavy atom. The van der Waals surface area contributed by atoms with Gasteiger partial charge < -0.3 is 4.74 Å². The minimum atomic E-state index is -0.378. The molecule has 0 radical (unpaired) electrons. The number of benzene rings is 1. The first-order chi connectivity index (χ1) is 8.69. The minimum absolute atomic E-state index is 0.378. The highest BCUT2D eigenvalue weighted by Gasteiger charge is 2.14. The number of para-hydroxylation sites is 1. The zero-order valence-corrected chi connectivity index (χ0v) is 12.0. The fourth-order valence-electron chi connectivity index (χ4n) is 1.98. The highest BCUT2D eigenvalue weighted by molar-refractivity contribution is 9.10. The van der Waals surface area contributed by atoms with E-state index in [2.05, 4.69) is 33.9 Å². The van der Waals surface area contributed by atoms with E-state index in [1.807, 2.05) is 12.1 Å². The molecule has 3 nitrogen and oxygen atoms in total. The second kappa shape index (κ2) is 5.48. The van der Waals surface area contributed by atoms with Crippen LogP contribution in [0.2, 0.25) is 0 Å². The summed E-state index contributed by atoms with van der Waals surface area (Å²) < 4.78 is 5.48. The van der Waals surface area contributed by atoms with Crippen LogP contribution in [0.5, 0.6) is 0 Å². The molecule has 0 aliphatic carbocycles. The molecule has 94 valence electrons. The van der Waals surface area contributed by atoms with Crippen molar-refractivity contribution in [1.29, 1.82) is 0 Å². The van der Waals surface area contributed by atoms with Crippen LogP contribution in [0.15, 0.2) is 28.9 Å². The van der Waals surface area contributed by atoms with Crippen LogP contribution in [0.4, 0.5) is 0 Å². The van der Waals surface area contributed by atoms with Crippen LogP contribution < -0.4 is 0 Å². The van der Waals surface area contributed by atoms with E-state index in [9.17, 15) is 4.79 Å². The molecule has 0 N–H and O–H groups in total. The molecule has 0 aliphatic heterocycles. The Bertz CT molecular complexity index is 596. The van der Waals surface area contributed by atoms with Gasteiger partial charge in [0.15, 0.2) is 0 Å². The summed E-state index contributed by atoms with van der Waals surface area (Å²) >= 11 is 3.47. The molecule has 4 heteroatoms. The van der Waals surface area contributed by atoms with Crippen molar-refractivity contribution in [2.45, 2.75) is 19.8 Å². The quantitative estimate of drug-likeness (QED) is 0.811. The maximum Gasteiger partial charge on any atom is 0.340 e. The number of hydrogen-bond acceptors (Lipinski definition) is 3. The highest BCUT2D eigenvalue weighted by Crippen LogP contribution is 2.28. The second-order valence-corrected chi connectivity index (χ2v) is 4.83. The van der Waals surface area contributed by atoms with Gasteiger partial charge in [0, 0.05) is 16.1 Å². The molecule has 0 bridgehead atoms. The molecule has 1 heterocycles. The van der Waals surface area contributed by atoms with E-state index in [1.54, 1.807) is 6.20 Å². The predicted molar refractivity (Wildman–Crippen MR) is 74.8 cm³/mol. The zero-order chi connectivity index (χ0) is 13.1. The van der Waals surface area contributed by atoms with Crippen molar-refractivity contribution in [2.24, 2.45) is 0 Å². The largest absolute Gasteiger partial charge is 0.465 e. The summed E-state index contributed by atoms with van der Waals surface area (Å²) in [5, 5.41) is 0.948. The number of aryl methyl sites for hydroxylation is 1. The van der Waals surface area contributed by atoms with Crippen molar-refractivity contribution in [3.05, 3.63) is 40.0 Å². The number of nitrogens with zero attached hydrogens (tertiary/aromatic N) is 1. The number of hydrogen-bond donors (Lipinski definition) is 0. The molecule has 18 heavy (non-hydrogen) atoms. The van der Waals surface area contributed by atoms with Gasteiger partial charge in [0.25, 0.3) is 0 Å². The Labute approximate surface area is 114 Å². The van der Waals surface area contributed by atoms with Crippen LogP contribution in [-0.4, -0.2) is 18.1 Å². The molecule has 1 aromatic carbocycles. The van der Waals surface area contributed by atoms with Crippen molar-refractivity contribution in [3.8, 4) is 0 Å².